The number of furan rings is 1. The lowest BCUT2D eigenvalue weighted by atomic mass is 10.1. The summed E-state index contributed by atoms with van der Waals surface area (Å²) in [6, 6.07) is 16.3. The molecule has 6 nitrogen and oxygen atoms in total. The molecule has 1 aromatic heterocycles. The van der Waals surface area contributed by atoms with Crippen molar-refractivity contribution >= 4 is 23.1 Å². The first kappa shape index (κ1) is 18.2. The van der Waals surface area contributed by atoms with Crippen molar-refractivity contribution in [3.05, 3.63) is 65.4 Å². The zero-order valence-electron chi connectivity index (χ0n) is 15.1. The van der Waals surface area contributed by atoms with Crippen molar-refractivity contribution in [2.45, 2.75) is 26.4 Å². The number of amides is 1. The second-order valence-corrected chi connectivity index (χ2v) is 5.92. The van der Waals surface area contributed by atoms with Crippen molar-refractivity contribution in [2.24, 2.45) is 5.10 Å². The summed E-state index contributed by atoms with van der Waals surface area (Å²) in [6.07, 6.45) is 1.58. The average Bonchev–Trinajstić information content (AvgIpc) is 3.06. The molecule has 0 fully saturated rings. The maximum absolute atomic E-state index is 12.2. The third-order valence-corrected chi connectivity index (χ3v) is 4.07. The van der Waals surface area contributed by atoms with Crippen LogP contribution in [0.5, 0.6) is 5.75 Å². The third kappa shape index (κ3) is 4.15. The van der Waals surface area contributed by atoms with Gasteiger partial charge in [-0.05, 0) is 37.3 Å². The molecule has 0 unspecified atom stereocenters. The Morgan fingerprint density at radius 2 is 2.04 bits per heavy atom. The fraction of sp³-hybridized carbons (Fsp3) is 0.190. The average molecular weight is 361 g/mol. The van der Waals surface area contributed by atoms with E-state index in [9.17, 15) is 4.79 Å². The lowest BCUT2D eigenvalue weighted by Gasteiger charge is -2.12. The van der Waals surface area contributed by atoms with Crippen LogP contribution in [0.4, 0.5) is 0 Å². The van der Waals surface area contributed by atoms with E-state index in [0.717, 1.165) is 28.7 Å². The number of carbonyl (C=O) groups is 1. The molecule has 1 atom stereocenters. The number of rotatable bonds is 6. The number of carbonyl (C=O) groups excluding carboxylic acids is 1. The van der Waals surface area contributed by atoms with E-state index in [2.05, 4.69) is 10.5 Å². The summed E-state index contributed by atoms with van der Waals surface area (Å²) in [4.78, 5) is 12.2. The van der Waals surface area contributed by atoms with E-state index < -0.39 is 6.10 Å². The largest absolute Gasteiger partial charge is 0.481 e. The summed E-state index contributed by atoms with van der Waals surface area (Å²) in [7, 11) is 0. The number of fused-ring (bicyclic) bond motifs is 1. The van der Waals surface area contributed by atoms with Crippen LogP contribution < -0.4 is 10.2 Å². The van der Waals surface area contributed by atoms with Crippen LogP contribution in [0.1, 0.15) is 30.7 Å². The number of hydrogen-bond acceptors (Lipinski definition) is 5. The molecule has 3 rings (SSSR count). The van der Waals surface area contributed by atoms with Gasteiger partial charge >= 0.3 is 0 Å². The Hall–Kier alpha value is -3.59. The van der Waals surface area contributed by atoms with Gasteiger partial charge in [0, 0.05) is 17.4 Å². The van der Waals surface area contributed by atoms with Gasteiger partial charge in [0.1, 0.15) is 17.1 Å². The fourth-order valence-electron chi connectivity index (χ4n) is 2.64. The van der Waals surface area contributed by atoms with Crippen molar-refractivity contribution in [3.63, 3.8) is 0 Å². The Morgan fingerprint density at radius 1 is 1.30 bits per heavy atom. The molecule has 1 amide bonds. The topological polar surface area (TPSA) is 87.6 Å². The smallest absolute Gasteiger partial charge is 0.280 e. The highest BCUT2D eigenvalue weighted by atomic mass is 16.5. The summed E-state index contributed by atoms with van der Waals surface area (Å²) in [5, 5.41) is 13.8. The highest BCUT2D eigenvalue weighted by Crippen LogP contribution is 2.24. The van der Waals surface area contributed by atoms with E-state index in [-0.39, 0.29) is 5.91 Å². The number of benzene rings is 2. The third-order valence-electron chi connectivity index (χ3n) is 4.07. The quantitative estimate of drug-likeness (QED) is 0.534. The first-order chi connectivity index (χ1) is 13.1. The molecule has 3 aromatic rings. The van der Waals surface area contributed by atoms with Gasteiger partial charge in [0.25, 0.3) is 5.91 Å². The van der Waals surface area contributed by atoms with E-state index in [1.165, 1.54) is 0 Å². The van der Waals surface area contributed by atoms with E-state index in [0.29, 0.717) is 11.3 Å². The van der Waals surface area contributed by atoms with Crippen LogP contribution in [0.25, 0.3) is 11.0 Å². The summed E-state index contributed by atoms with van der Waals surface area (Å²) < 4.78 is 11.4. The summed E-state index contributed by atoms with van der Waals surface area (Å²) in [6.45, 7) is 3.63. The van der Waals surface area contributed by atoms with Crippen molar-refractivity contribution in [3.8, 4) is 11.8 Å². The highest BCUT2D eigenvalue weighted by Gasteiger charge is 2.15. The van der Waals surface area contributed by atoms with Crippen LogP contribution in [-0.2, 0) is 11.2 Å². The first-order valence-electron chi connectivity index (χ1n) is 8.62. The van der Waals surface area contributed by atoms with Gasteiger partial charge in [0.15, 0.2) is 6.10 Å². The minimum absolute atomic E-state index is 0.374. The molecule has 0 saturated heterocycles. The minimum atomic E-state index is -0.734. The zero-order chi connectivity index (χ0) is 19.2. The second-order valence-electron chi connectivity index (χ2n) is 5.92. The lowest BCUT2D eigenvalue weighted by molar-refractivity contribution is -0.127. The summed E-state index contributed by atoms with van der Waals surface area (Å²) in [5.74, 6) is 0.951. The van der Waals surface area contributed by atoms with Crippen molar-refractivity contribution in [1.82, 2.24) is 5.43 Å². The SMILES string of the molecule is CCc1oc2ccccc2c1/C=N\NC(=O)[C@@H](C)Oc1ccc(C#N)cc1. The minimum Gasteiger partial charge on any atom is -0.481 e. The lowest BCUT2D eigenvalue weighted by Crippen LogP contribution is -2.33. The normalized spacial score (nSPS) is 12.0. The van der Waals surface area contributed by atoms with Crippen LogP contribution in [0.2, 0.25) is 0 Å². The van der Waals surface area contributed by atoms with Gasteiger partial charge in [0.05, 0.1) is 17.8 Å². The molecule has 1 heterocycles. The molecule has 6 heteroatoms. The van der Waals surface area contributed by atoms with E-state index >= 15 is 0 Å². The molecular weight excluding hydrogens is 342 g/mol. The molecular formula is C21H19N3O3. The molecule has 0 saturated carbocycles. The predicted molar refractivity (Wildman–Crippen MR) is 103 cm³/mol. The second kappa shape index (κ2) is 8.19. The number of aryl methyl sites for hydroxylation is 1. The molecule has 0 aliphatic carbocycles. The number of para-hydroxylation sites is 1. The Labute approximate surface area is 157 Å². The van der Waals surface area contributed by atoms with Crippen molar-refractivity contribution < 1.29 is 13.9 Å². The van der Waals surface area contributed by atoms with Crippen LogP contribution in [-0.4, -0.2) is 18.2 Å². The molecule has 0 bridgehead atoms. The Bertz CT molecular complexity index is 1010. The molecule has 0 spiro atoms. The maximum atomic E-state index is 12.2. The van der Waals surface area contributed by atoms with E-state index in [4.69, 9.17) is 14.4 Å². The number of hydrazone groups is 1. The van der Waals surface area contributed by atoms with E-state index in [1.807, 2.05) is 37.3 Å². The number of ether oxygens (including phenoxy) is 1. The monoisotopic (exact) mass is 361 g/mol. The molecule has 2 aromatic carbocycles. The van der Waals surface area contributed by atoms with Gasteiger partial charge in [-0.25, -0.2) is 5.43 Å². The summed E-state index contributed by atoms with van der Waals surface area (Å²) in [5.41, 5.74) is 4.67. The zero-order valence-corrected chi connectivity index (χ0v) is 15.1. The van der Waals surface area contributed by atoms with Crippen LogP contribution in [0.15, 0.2) is 58.0 Å². The Balaban J connectivity index is 1.65. The van der Waals surface area contributed by atoms with Gasteiger partial charge < -0.3 is 9.15 Å². The Kier molecular flexibility index (Phi) is 5.53. The molecule has 0 aliphatic heterocycles. The standard InChI is InChI=1S/C21H19N3O3/c1-3-19-18(17-6-4-5-7-20(17)27-19)13-23-24-21(25)14(2)26-16-10-8-15(12-22)9-11-16/h4-11,13-14H,3H2,1-2H3,(H,24,25)/b23-13-/t14-/m1/s1. The Morgan fingerprint density at radius 3 is 2.74 bits per heavy atom. The van der Waals surface area contributed by atoms with Crippen LogP contribution in [0.3, 0.4) is 0 Å². The number of nitrogens with one attached hydrogen (secondary N) is 1. The van der Waals surface area contributed by atoms with Crippen molar-refractivity contribution in [2.75, 3.05) is 0 Å². The number of nitriles is 1. The molecule has 1 N–H and O–H groups in total. The molecule has 0 aliphatic rings. The maximum Gasteiger partial charge on any atom is 0.280 e. The van der Waals surface area contributed by atoms with Crippen molar-refractivity contribution in [1.29, 1.82) is 5.26 Å². The molecule has 136 valence electrons. The number of hydrogen-bond donors (Lipinski definition) is 1. The van der Waals surface area contributed by atoms with Gasteiger partial charge in [-0.15, -0.1) is 0 Å². The number of nitrogens with zero attached hydrogens (tertiary/aromatic N) is 2. The van der Waals surface area contributed by atoms with Gasteiger partial charge in [-0.1, -0.05) is 25.1 Å². The van der Waals surface area contributed by atoms with Gasteiger partial charge in [0.2, 0.25) is 0 Å². The van der Waals surface area contributed by atoms with Crippen LogP contribution >= 0.6 is 0 Å². The first-order valence-corrected chi connectivity index (χ1v) is 8.62. The van der Waals surface area contributed by atoms with Crippen LogP contribution in [0, 0.1) is 11.3 Å². The highest BCUT2D eigenvalue weighted by molar-refractivity contribution is 5.99. The summed E-state index contributed by atoms with van der Waals surface area (Å²) >= 11 is 0. The van der Waals surface area contributed by atoms with Gasteiger partial charge in [-0.2, -0.15) is 10.4 Å². The molecule has 27 heavy (non-hydrogen) atoms. The van der Waals surface area contributed by atoms with Gasteiger partial charge in [-0.3, -0.25) is 4.79 Å². The van der Waals surface area contributed by atoms with E-state index in [1.54, 1.807) is 37.4 Å². The fourth-order valence-corrected chi connectivity index (χ4v) is 2.64. The molecule has 0 radical (unpaired) electrons. The predicted octanol–water partition coefficient (Wildman–Crippen LogP) is 3.78.